The molecule has 0 amide bonds. The van der Waals surface area contributed by atoms with Crippen molar-refractivity contribution in [3.8, 4) is 11.5 Å². The lowest BCUT2D eigenvalue weighted by Crippen LogP contribution is -2.12. The van der Waals surface area contributed by atoms with Gasteiger partial charge in [-0.1, -0.05) is 68.3 Å². The van der Waals surface area contributed by atoms with Crippen LogP contribution < -0.4 is 9.47 Å². The minimum Gasteiger partial charge on any atom is -0.423 e. The van der Waals surface area contributed by atoms with Crippen LogP contribution in [-0.4, -0.2) is 11.9 Å². The fourth-order valence-corrected chi connectivity index (χ4v) is 2.73. The molecule has 0 N–H and O–H groups in total. The summed E-state index contributed by atoms with van der Waals surface area (Å²) < 4.78 is 11.6. The summed E-state index contributed by atoms with van der Waals surface area (Å²) in [6.45, 7) is 4.26. The highest BCUT2D eigenvalue weighted by atomic mass is 79.9. The van der Waals surface area contributed by atoms with E-state index in [1.807, 2.05) is 0 Å². The van der Waals surface area contributed by atoms with Crippen LogP contribution in [0, 0.1) is 0 Å². The Kier molecular flexibility index (Phi) is 11.2. The molecular weight excluding hydrogens is 384 g/mol. The van der Waals surface area contributed by atoms with Gasteiger partial charge in [0.1, 0.15) is 0 Å². The minimum atomic E-state index is -0.297. The molecule has 0 atom stereocenters. The van der Waals surface area contributed by atoms with Crippen molar-refractivity contribution in [1.29, 1.82) is 0 Å². The summed E-state index contributed by atoms with van der Waals surface area (Å²) >= 11 is 3.35. The number of benzene rings is 1. The monoisotopic (exact) mass is 412 g/mol. The molecule has 0 aliphatic rings. The lowest BCUT2D eigenvalue weighted by molar-refractivity contribution is -0.137. The van der Waals surface area contributed by atoms with E-state index in [0.717, 1.165) is 55.8 Å². The molecule has 0 saturated carbocycles. The predicted molar refractivity (Wildman–Crippen MR) is 103 cm³/mol. The lowest BCUT2D eigenvalue weighted by Gasteiger charge is -2.11. The predicted octanol–water partition coefficient (Wildman–Crippen LogP) is 6.20. The van der Waals surface area contributed by atoms with E-state index in [1.54, 1.807) is 18.2 Å². The molecule has 4 nitrogen and oxygen atoms in total. The van der Waals surface area contributed by atoms with Crippen LogP contribution in [0.25, 0.3) is 0 Å². The number of carbonyl (C=O) groups excluding carboxylic acids is 2. The second-order valence-electron chi connectivity index (χ2n) is 6.16. The molecule has 0 heterocycles. The summed E-state index contributed by atoms with van der Waals surface area (Å²) in [5.41, 5.74) is 0. The first-order valence-corrected chi connectivity index (χ1v) is 10.1. The van der Waals surface area contributed by atoms with E-state index in [4.69, 9.17) is 9.47 Å². The summed E-state index contributed by atoms with van der Waals surface area (Å²) in [5.74, 6) is -0.00417. The van der Waals surface area contributed by atoms with Crippen molar-refractivity contribution in [3.63, 3.8) is 0 Å². The largest absolute Gasteiger partial charge is 0.423 e. The van der Waals surface area contributed by atoms with E-state index in [2.05, 4.69) is 29.8 Å². The van der Waals surface area contributed by atoms with E-state index < -0.39 is 0 Å². The topological polar surface area (TPSA) is 52.6 Å². The van der Waals surface area contributed by atoms with Gasteiger partial charge in [-0.3, -0.25) is 9.59 Å². The highest BCUT2D eigenvalue weighted by Crippen LogP contribution is 2.31. The standard InChI is InChI=1S/C20H29BrO4/c1-3-5-7-9-11-19(22)24-17-14-13-16(21)15-18(17)25-20(23)12-10-8-6-4-2/h13-15H,3-12H2,1-2H3. The van der Waals surface area contributed by atoms with Crippen LogP contribution in [0.4, 0.5) is 0 Å². The Balaban J connectivity index is 2.56. The third kappa shape index (κ3) is 9.63. The molecule has 1 aromatic rings. The maximum atomic E-state index is 12.0. The van der Waals surface area contributed by atoms with Gasteiger partial charge in [0.15, 0.2) is 11.5 Å². The quantitative estimate of drug-likeness (QED) is 0.233. The number of unbranched alkanes of at least 4 members (excludes halogenated alkanes) is 6. The van der Waals surface area contributed by atoms with Crippen LogP contribution in [0.3, 0.4) is 0 Å². The lowest BCUT2D eigenvalue weighted by atomic mass is 10.1. The first kappa shape index (κ1) is 21.7. The number of rotatable bonds is 12. The van der Waals surface area contributed by atoms with E-state index in [-0.39, 0.29) is 17.7 Å². The van der Waals surface area contributed by atoms with Gasteiger partial charge in [0.05, 0.1) is 0 Å². The van der Waals surface area contributed by atoms with Gasteiger partial charge in [0.2, 0.25) is 0 Å². The Morgan fingerprint density at radius 3 is 1.84 bits per heavy atom. The maximum absolute atomic E-state index is 12.0. The van der Waals surface area contributed by atoms with Crippen molar-refractivity contribution < 1.29 is 19.1 Å². The Morgan fingerprint density at radius 2 is 1.32 bits per heavy atom. The smallest absolute Gasteiger partial charge is 0.311 e. The number of hydrogen-bond donors (Lipinski definition) is 0. The normalized spacial score (nSPS) is 10.5. The molecule has 0 aliphatic carbocycles. The summed E-state index contributed by atoms with van der Waals surface area (Å²) in [6.07, 6.45) is 8.90. The third-order valence-corrected chi connectivity index (χ3v) is 4.32. The zero-order valence-corrected chi connectivity index (χ0v) is 16.9. The van der Waals surface area contributed by atoms with Crippen LogP contribution in [0.2, 0.25) is 0 Å². The van der Waals surface area contributed by atoms with Crippen molar-refractivity contribution in [3.05, 3.63) is 22.7 Å². The van der Waals surface area contributed by atoms with Crippen molar-refractivity contribution in [1.82, 2.24) is 0 Å². The highest BCUT2D eigenvalue weighted by molar-refractivity contribution is 9.10. The van der Waals surface area contributed by atoms with Gasteiger partial charge >= 0.3 is 11.9 Å². The Bertz CT molecular complexity index is 542. The first-order valence-electron chi connectivity index (χ1n) is 9.27. The van der Waals surface area contributed by atoms with Crippen LogP contribution in [-0.2, 0) is 9.59 Å². The summed E-state index contributed by atoms with van der Waals surface area (Å²) in [5, 5.41) is 0. The molecule has 0 unspecified atom stereocenters. The zero-order chi connectivity index (χ0) is 18.5. The molecule has 0 saturated heterocycles. The van der Waals surface area contributed by atoms with Crippen molar-refractivity contribution in [2.24, 2.45) is 0 Å². The van der Waals surface area contributed by atoms with Gasteiger partial charge in [0.25, 0.3) is 0 Å². The van der Waals surface area contributed by atoms with E-state index in [9.17, 15) is 9.59 Å². The molecule has 0 aromatic heterocycles. The number of esters is 2. The van der Waals surface area contributed by atoms with Crippen LogP contribution in [0.15, 0.2) is 22.7 Å². The van der Waals surface area contributed by atoms with Gasteiger partial charge in [0, 0.05) is 17.3 Å². The van der Waals surface area contributed by atoms with E-state index in [1.165, 1.54) is 0 Å². The Morgan fingerprint density at radius 1 is 0.800 bits per heavy atom. The molecule has 0 fully saturated rings. The molecule has 140 valence electrons. The molecule has 25 heavy (non-hydrogen) atoms. The molecule has 5 heteroatoms. The third-order valence-electron chi connectivity index (χ3n) is 3.82. The summed E-state index contributed by atoms with van der Waals surface area (Å²) in [4.78, 5) is 24.0. The summed E-state index contributed by atoms with van der Waals surface area (Å²) in [6, 6.07) is 5.07. The first-order chi connectivity index (χ1) is 12.1. The minimum absolute atomic E-state index is 0.289. The second kappa shape index (κ2) is 12.9. The van der Waals surface area contributed by atoms with Gasteiger partial charge in [-0.05, 0) is 31.0 Å². The van der Waals surface area contributed by atoms with E-state index in [0.29, 0.717) is 18.6 Å². The average molecular weight is 413 g/mol. The van der Waals surface area contributed by atoms with Crippen LogP contribution in [0.1, 0.15) is 78.1 Å². The summed E-state index contributed by atoms with van der Waals surface area (Å²) in [7, 11) is 0. The number of hydrogen-bond acceptors (Lipinski definition) is 4. The SMILES string of the molecule is CCCCCCC(=O)Oc1ccc(Br)cc1OC(=O)CCCCCC. The fraction of sp³-hybridized carbons (Fsp3) is 0.600. The van der Waals surface area contributed by atoms with Crippen molar-refractivity contribution in [2.45, 2.75) is 78.1 Å². The number of halogens is 1. The van der Waals surface area contributed by atoms with Crippen molar-refractivity contribution in [2.75, 3.05) is 0 Å². The van der Waals surface area contributed by atoms with Gasteiger partial charge < -0.3 is 9.47 Å². The van der Waals surface area contributed by atoms with E-state index >= 15 is 0 Å². The fourth-order valence-electron chi connectivity index (χ4n) is 2.39. The molecule has 1 aromatic carbocycles. The highest BCUT2D eigenvalue weighted by Gasteiger charge is 2.14. The van der Waals surface area contributed by atoms with Gasteiger partial charge in [-0.15, -0.1) is 0 Å². The number of ether oxygens (including phenoxy) is 2. The molecule has 1 rings (SSSR count). The number of carbonyl (C=O) groups is 2. The Labute approximate surface area is 159 Å². The zero-order valence-electron chi connectivity index (χ0n) is 15.3. The van der Waals surface area contributed by atoms with Crippen molar-refractivity contribution >= 4 is 27.9 Å². The molecule has 0 aliphatic heterocycles. The van der Waals surface area contributed by atoms with Crippen LogP contribution in [0.5, 0.6) is 11.5 Å². The molecule has 0 bridgehead atoms. The van der Waals surface area contributed by atoms with Gasteiger partial charge in [-0.25, -0.2) is 0 Å². The maximum Gasteiger partial charge on any atom is 0.311 e. The molecule has 0 spiro atoms. The van der Waals surface area contributed by atoms with Gasteiger partial charge in [-0.2, -0.15) is 0 Å². The molecular formula is C20H29BrO4. The molecule has 0 radical (unpaired) electrons. The van der Waals surface area contributed by atoms with Crippen LogP contribution >= 0.6 is 15.9 Å². The Hall–Kier alpha value is -1.36. The average Bonchev–Trinajstić information content (AvgIpc) is 2.58. The second-order valence-corrected chi connectivity index (χ2v) is 7.08.